The van der Waals surface area contributed by atoms with Crippen LogP contribution in [0, 0.1) is 5.82 Å². The monoisotopic (exact) mass is 615 g/mol. The van der Waals surface area contributed by atoms with E-state index in [9.17, 15) is 19.1 Å². The van der Waals surface area contributed by atoms with Crippen LogP contribution in [0.25, 0.3) is 11.4 Å². The molecule has 2 amide bonds. The minimum atomic E-state index is -0.640. The Kier molecular flexibility index (Phi) is 8.89. The SMILES string of the molecule is COc1cccc(F)c1-c1nccc(C(=O)Nc2ccc(Br)cc2N2C[C@@H](NC(=O)OC(C)(C)C)C[C@H]2CO)n1. The number of nitrogens with zero attached hydrogens (tertiary/aromatic N) is 3. The first-order valence-electron chi connectivity index (χ1n) is 12.6. The van der Waals surface area contributed by atoms with E-state index in [2.05, 4.69) is 36.5 Å². The second-order valence-corrected chi connectivity index (χ2v) is 11.2. The largest absolute Gasteiger partial charge is 0.496 e. The van der Waals surface area contributed by atoms with Crippen molar-refractivity contribution in [2.24, 2.45) is 0 Å². The molecule has 0 spiro atoms. The maximum absolute atomic E-state index is 14.6. The van der Waals surface area contributed by atoms with Crippen LogP contribution in [0.5, 0.6) is 5.75 Å². The molecule has 40 heavy (non-hydrogen) atoms. The number of ether oxygens (including phenoxy) is 2. The molecular weight excluding hydrogens is 585 g/mol. The molecule has 0 radical (unpaired) electrons. The highest BCUT2D eigenvalue weighted by Crippen LogP contribution is 2.35. The molecular formula is C28H31BrFN5O5. The maximum Gasteiger partial charge on any atom is 0.407 e. The van der Waals surface area contributed by atoms with Crippen molar-refractivity contribution >= 4 is 39.3 Å². The number of aliphatic hydroxyl groups is 1. The summed E-state index contributed by atoms with van der Waals surface area (Å²) in [6, 6.07) is 10.5. The Morgan fingerprint density at radius 2 is 2.00 bits per heavy atom. The van der Waals surface area contributed by atoms with Gasteiger partial charge in [-0.15, -0.1) is 0 Å². The van der Waals surface area contributed by atoms with Gasteiger partial charge in [-0.25, -0.2) is 19.2 Å². The molecule has 1 saturated heterocycles. The Morgan fingerprint density at radius 3 is 2.70 bits per heavy atom. The van der Waals surface area contributed by atoms with Crippen LogP contribution in [-0.2, 0) is 4.74 Å². The second kappa shape index (κ2) is 12.2. The van der Waals surface area contributed by atoms with Gasteiger partial charge in [-0.2, -0.15) is 0 Å². The van der Waals surface area contributed by atoms with E-state index >= 15 is 0 Å². The highest BCUT2D eigenvalue weighted by molar-refractivity contribution is 9.10. The Hall–Kier alpha value is -3.77. The van der Waals surface area contributed by atoms with Gasteiger partial charge in [0.2, 0.25) is 0 Å². The Morgan fingerprint density at radius 1 is 1.23 bits per heavy atom. The number of methoxy groups -OCH3 is 1. The van der Waals surface area contributed by atoms with Gasteiger partial charge in [0.25, 0.3) is 5.91 Å². The summed E-state index contributed by atoms with van der Waals surface area (Å²) >= 11 is 3.48. The number of halogens is 2. The lowest BCUT2D eigenvalue weighted by atomic mass is 10.1. The number of nitrogens with one attached hydrogen (secondary N) is 2. The van der Waals surface area contributed by atoms with Crippen molar-refractivity contribution in [1.29, 1.82) is 0 Å². The second-order valence-electron chi connectivity index (χ2n) is 10.3. The summed E-state index contributed by atoms with van der Waals surface area (Å²) in [4.78, 5) is 36.0. The van der Waals surface area contributed by atoms with Gasteiger partial charge in [0.15, 0.2) is 5.82 Å². The van der Waals surface area contributed by atoms with Crippen LogP contribution in [0.4, 0.5) is 20.6 Å². The zero-order valence-corrected chi connectivity index (χ0v) is 24.2. The van der Waals surface area contributed by atoms with Gasteiger partial charge in [0.1, 0.15) is 22.9 Å². The molecule has 2 heterocycles. The summed E-state index contributed by atoms with van der Waals surface area (Å²) in [5, 5.41) is 15.9. The Balaban J connectivity index is 1.58. The fourth-order valence-corrected chi connectivity index (χ4v) is 4.84. The van der Waals surface area contributed by atoms with E-state index in [1.807, 2.05) is 11.0 Å². The number of aliphatic hydroxyl groups excluding tert-OH is 1. The summed E-state index contributed by atoms with van der Waals surface area (Å²) in [6.07, 6.45) is 1.32. The fourth-order valence-electron chi connectivity index (χ4n) is 4.50. The van der Waals surface area contributed by atoms with E-state index in [0.717, 1.165) is 4.47 Å². The van der Waals surface area contributed by atoms with E-state index < -0.39 is 23.4 Å². The number of rotatable bonds is 7. The van der Waals surface area contributed by atoms with Crippen LogP contribution in [-0.4, -0.2) is 65.0 Å². The van der Waals surface area contributed by atoms with Crippen LogP contribution in [0.2, 0.25) is 0 Å². The van der Waals surface area contributed by atoms with E-state index in [-0.39, 0.29) is 41.5 Å². The van der Waals surface area contributed by atoms with Crippen molar-refractivity contribution < 1.29 is 28.6 Å². The third kappa shape index (κ3) is 6.86. The molecule has 3 aromatic rings. The molecule has 212 valence electrons. The average Bonchev–Trinajstić information content (AvgIpc) is 3.30. The van der Waals surface area contributed by atoms with Crippen molar-refractivity contribution in [3.63, 3.8) is 0 Å². The number of hydrogen-bond donors (Lipinski definition) is 3. The molecule has 4 rings (SSSR count). The predicted octanol–water partition coefficient (Wildman–Crippen LogP) is 4.77. The van der Waals surface area contributed by atoms with Crippen LogP contribution < -0.4 is 20.3 Å². The van der Waals surface area contributed by atoms with E-state index in [0.29, 0.717) is 24.3 Å². The first kappa shape index (κ1) is 29.2. The van der Waals surface area contributed by atoms with Crippen LogP contribution in [0.15, 0.2) is 53.1 Å². The molecule has 1 fully saturated rings. The molecule has 12 heteroatoms. The number of hydrogen-bond acceptors (Lipinski definition) is 8. The zero-order chi connectivity index (χ0) is 29.0. The smallest absolute Gasteiger partial charge is 0.407 e. The van der Waals surface area contributed by atoms with Gasteiger partial charge >= 0.3 is 6.09 Å². The van der Waals surface area contributed by atoms with E-state index in [1.165, 1.54) is 31.5 Å². The maximum atomic E-state index is 14.6. The number of aromatic nitrogens is 2. The summed E-state index contributed by atoms with van der Waals surface area (Å²) < 4.78 is 26.0. The van der Waals surface area contributed by atoms with Gasteiger partial charge < -0.3 is 30.1 Å². The van der Waals surface area contributed by atoms with Crippen molar-refractivity contribution in [2.45, 2.75) is 44.9 Å². The average molecular weight is 616 g/mol. The van der Waals surface area contributed by atoms with Crippen LogP contribution in [0.1, 0.15) is 37.7 Å². The molecule has 0 bridgehead atoms. The first-order valence-corrected chi connectivity index (χ1v) is 13.4. The first-order chi connectivity index (χ1) is 19.0. The zero-order valence-electron chi connectivity index (χ0n) is 22.6. The van der Waals surface area contributed by atoms with Crippen LogP contribution in [0.3, 0.4) is 0 Å². The third-order valence-electron chi connectivity index (χ3n) is 6.17. The number of carbonyl (C=O) groups excluding carboxylic acids is 2. The molecule has 0 aliphatic carbocycles. The lowest BCUT2D eigenvalue weighted by Crippen LogP contribution is -2.40. The highest BCUT2D eigenvalue weighted by atomic mass is 79.9. The minimum Gasteiger partial charge on any atom is -0.496 e. The summed E-state index contributed by atoms with van der Waals surface area (Å²) in [5.41, 5.74) is 0.538. The van der Waals surface area contributed by atoms with Gasteiger partial charge in [0.05, 0.1) is 42.7 Å². The third-order valence-corrected chi connectivity index (χ3v) is 6.66. The van der Waals surface area contributed by atoms with Crippen molar-refractivity contribution in [2.75, 3.05) is 30.5 Å². The number of anilines is 2. The predicted molar refractivity (Wildman–Crippen MR) is 152 cm³/mol. The van der Waals surface area contributed by atoms with Gasteiger partial charge in [0, 0.05) is 17.2 Å². The van der Waals surface area contributed by atoms with Crippen molar-refractivity contribution in [3.8, 4) is 17.1 Å². The quantitative estimate of drug-likeness (QED) is 0.347. The van der Waals surface area contributed by atoms with E-state index in [4.69, 9.17) is 9.47 Å². The summed E-state index contributed by atoms with van der Waals surface area (Å²) in [5.74, 6) is -0.864. The standard InChI is InChI=1S/C28H31BrFN5O5/c1-28(2,3)40-27(38)32-17-13-18(15-36)35(14-17)22-12-16(29)8-9-20(22)34-26(37)21-10-11-31-25(33-21)24-19(30)6-5-7-23(24)39-4/h5-12,17-18,36H,13-15H2,1-4H3,(H,32,38)(H,34,37)/t17-,18-/m0/s1. The van der Waals surface area contributed by atoms with Gasteiger partial charge in [-0.1, -0.05) is 22.0 Å². The molecule has 0 unspecified atom stereocenters. The highest BCUT2D eigenvalue weighted by Gasteiger charge is 2.35. The van der Waals surface area contributed by atoms with Crippen molar-refractivity contribution in [3.05, 3.63) is 64.6 Å². The molecule has 10 nitrogen and oxygen atoms in total. The molecule has 1 aliphatic heterocycles. The fraction of sp³-hybridized carbons (Fsp3) is 0.357. The number of amides is 2. The molecule has 1 aliphatic rings. The van der Waals surface area contributed by atoms with E-state index in [1.54, 1.807) is 39.0 Å². The molecule has 2 atom stereocenters. The molecule has 2 aromatic carbocycles. The topological polar surface area (TPSA) is 126 Å². The number of carbonyl (C=O) groups is 2. The Labute approximate surface area is 240 Å². The van der Waals surface area contributed by atoms with Gasteiger partial charge in [-0.3, -0.25) is 4.79 Å². The minimum absolute atomic E-state index is 0.00887. The molecule has 1 aromatic heterocycles. The van der Waals surface area contributed by atoms with Crippen LogP contribution >= 0.6 is 15.9 Å². The van der Waals surface area contributed by atoms with Crippen molar-refractivity contribution in [1.82, 2.24) is 15.3 Å². The Bertz CT molecular complexity index is 1400. The number of benzene rings is 2. The lowest BCUT2D eigenvalue weighted by molar-refractivity contribution is 0.0507. The summed E-state index contributed by atoms with van der Waals surface area (Å²) in [7, 11) is 1.41. The summed E-state index contributed by atoms with van der Waals surface area (Å²) in [6.45, 7) is 5.58. The lowest BCUT2D eigenvalue weighted by Gasteiger charge is -2.28. The van der Waals surface area contributed by atoms with Gasteiger partial charge in [-0.05, 0) is 63.6 Å². The molecule has 3 N–H and O–H groups in total. The molecule has 0 saturated carbocycles. The number of alkyl carbamates (subject to hydrolysis) is 1. The normalized spacial score (nSPS) is 16.9.